The molecule has 0 bridgehead atoms. The van der Waals surface area contributed by atoms with E-state index in [0.717, 1.165) is 16.7 Å². The van der Waals surface area contributed by atoms with Crippen molar-refractivity contribution in [3.63, 3.8) is 0 Å². The fraction of sp³-hybridized carbons (Fsp3) is 0. The number of aromatic nitrogens is 2. The molecule has 21 heavy (non-hydrogen) atoms. The summed E-state index contributed by atoms with van der Waals surface area (Å²) >= 11 is 0. The zero-order chi connectivity index (χ0) is 14.7. The van der Waals surface area contributed by atoms with Gasteiger partial charge in [0.2, 0.25) is 0 Å². The molecule has 0 aliphatic carbocycles. The average molecular weight is 272 g/mol. The van der Waals surface area contributed by atoms with Crippen LogP contribution < -0.4 is 5.73 Å². The highest BCUT2D eigenvalue weighted by Crippen LogP contribution is 2.34. The van der Waals surface area contributed by atoms with Crippen LogP contribution in [0.2, 0.25) is 0 Å². The highest BCUT2D eigenvalue weighted by Gasteiger charge is 2.17. The van der Waals surface area contributed by atoms with Crippen molar-refractivity contribution in [3.8, 4) is 28.5 Å². The van der Waals surface area contributed by atoms with Crippen molar-refractivity contribution < 1.29 is 0 Å². The third-order valence-electron chi connectivity index (χ3n) is 3.22. The van der Waals surface area contributed by atoms with Crippen molar-refractivity contribution in [2.24, 2.45) is 0 Å². The van der Waals surface area contributed by atoms with Crippen molar-refractivity contribution >= 4 is 5.82 Å². The minimum absolute atomic E-state index is 0.149. The van der Waals surface area contributed by atoms with Gasteiger partial charge in [0.1, 0.15) is 17.3 Å². The molecule has 100 valence electrons. The summed E-state index contributed by atoms with van der Waals surface area (Å²) in [4.78, 5) is 0. The Balaban J connectivity index is 2.35. The van der Waals surface area contributed by atoms with Crippen LogP contribution in [-0.2, 0) is 0 Å². The zero-order valence-electron chi connectivity index (χ0n) is 11.2. The second kappa shape index (κ2) is 5.43. The molecule has 3 aromatic rings. The minimum Gasteiger partial charge on any atom is -0.381 e. The van der Waals surface area contributed by atoms with Gasteiger partial charge in [-0.05, 0) is 5.56 Å². The molecule has 2 N–H and O–H groups in total. The molecule has 0 aliphatic rings. The molecule has 1 aromatic heterocycles. The zero-order valence-corrected chi connectivity index (χ0v) is 11.2. The fourth-order valence-electron chi connectivity index (χ4n) is 2.25. The van der Waals surface area contributed by atoms with E-state index in [1.165, 1.54) is 0 Å². The van der Waals surface area contributed by atoms with Crippen LogP contribution in [0.15, 0.2) is 60.7 Å². The molecule has 4 nitrogen and oxygen atoms in total. The van der Waals surface area contributed by atoms with Crippen molar-refractivity contribution in [1.29, 1.82) is 5.26 Å². The van der Waals surface area contributed by atoms with Crippen LogP contribution in [0.25, 0.3) is 22.4 Å². The van der Waals surface area contributed by atoms with E-state index in [9.17, 15) is 5.26 Å². The van der Waals surface area contributed by atoms with Gasteiger partial charge in [0.15, 0.2) is 5.82 Å². The molecule has 0 fully saturated rings. The summed E-state index contributed by atoms with van der Waals surface area (Å²) in [6.07, 6.45) is 0. The van der Waals surface area contributed by atoms with Gasteiger partial charge in [-0.25, -0.2) is 0 Å². The molecule has 0 aliphatic heterocycles. The number of rotatable bonds is 2. The number of hydrogen-bond donors (Lipinski definition) is 1. The van der Waals surface area contributed by atoms with E-state index in [4.69, 9.17) is 5.73 Å². The molecule has 4 heteroatoms. The highest BCUT2D eigenvalue weighted by molar-refractivity contribution is 5.87. The van der Waals surface area contributed by atoms with E-state index in [0.29, 0.717) is 11.3 Å². The summed E-state index contributed by atoms with van der Waals surface area (Å²) in [5.41, 5.74) is 9.36. The maximum absolute atomic E-state index is 9.43. The first kappa shape index (κ1) is 12.8. The van der Waals surface area contributed by atoms with E-state index in [1.807, 2.05) is 60.7 Å². The monoisotopic (exact) mass is 272 g/mol. The Hall–Kier alpha value is -3.19. The van der Waals surface area contributed by atoms with E-state index in [2.05, 4.69) is 16.3 Å². The van der Waals surface area contributed by atoms with Gasteiger partial charge in [-0.3, -0.25) is 0 Å². The Morgan fingerprint density at radius 2 is 1.38 bits per heavy atom. The van der Waals surface area contributed by atoms with Gasteiger partial charge >= 0.3 is 0 Å². The highest BCUT2D eigenvalue weighted by atomic mass is 15.1. The first-order valence-corrected chi connectivity index (χ1v) is 6.48. The number of nitrogens with two attached hydrogens (primary N) is 1. The summed E-state index contributed by atoms with van der Waals surface area (Å²) in [7, 11) is 0. The normalized spacial score (nSPS) is 10.0. The maximum atomic E-state index is 9.43. The number of nitrogens with zero attached hydrogens (tertiary/aromatic N) is 3. The van der Waals surface area contributed by atoms with Crippen molar-refractivity contribution in [3.05, 3.63) is 66.2 Å². The van der Waals surface area contributed by atoms with E-state index in [-0.39, 0.29) is 5.82 Å². The number of nitrogen functional groups attached to an aromatic ring is 1. The van der Waals surface area contributed by atoms with Gasteiger partial charge in [0.25, 0.3) is 0 Å². The Morgan fingerprint density at radius 3 is 1.95 bits per heavy atom. The summed E-state index contributed by atoms with van der Waals surface area (Å²) in [6.45, 7) is 0. The topological polar surface area (TPSA) is 75.6 Å². The average Bonchev–Trinajstić information content (AvgIpc) is 2.56. The lowest BCUT2D eigenvalue weighted by Gasteiger charge is -2.11. The van der Waals surface area contributed by atoms with Gasteiger partial charge in [0, 0.05) is 11.1 Å². The lowest BCUT2D eigenvalue weighted by Crippen LogP contribution is -2.03. The molecule has 0 atom stereocenters. The Labute approximate surface area is 122 Å². The van der Waals surface area contributed by atoms with E-state index >= 15 is 0 Å². The van der Waals surface area contributed by atoms with Crippen molar-refractivity contribution in [1.82, 2.24) is 10.2 Å². The standard InChI is InChI=1S/C17H12N4/c18-11-14-15(12-7-3-1-4-8-12)16(20-21-17(14)19)13-9-5-2-6-10-13/h1-10H,(H2,19,21). The molecule has 2 aromatic carbocycles. The second-order valence-electron chi connectivity index (χ2n) is 4.53. The molecule has 0 unspecified atom stereocenters. The van der Waals surface area contributed by atoms with E-state index < -0.39 is 0 Å². The molecular formula is C17H12N4. The largest absolute Gasteiger partial charge is 0.381 e. The minimum atomic E-state index is 0.149. The molecule has 0 saturated carbocycles. The van der Waals surface area contributed by atoms with Gasteiger partial charge in [-0.1, -0.05) is 60.7 Å². The number of benzene rings is 2. The molecule has 1 heterocycles. The predicted molar refractivity (Wildman–Crippen MR) is 82.0 cm³/mol. The van der Waals surface area contributed by atoms with Crippen molar-refractivity contribution in [2.45, 2.75) is 0 Å². The molecular weight excluding hydrogens is 260 g/mol. The van der Waals surface area contributed by atoms with Crippen LogP contribution in [0.3, 0.4) is 0 Å². The van der Waals surface area contributed by atoms with Crippen LogP contribution in [-0.4, -0.2) is 10.2 Å². The summed E-state index contributed by atoms with van der Waals surface area (Å²) in [6, 6.07) is 21.4. The first-order valence-electron chi connectivity index (χ1n) is 6.48. The Morgan fingerprint density at radius 1 is 0.810 bits per heavy atom. The quantitative estimate of drug-likeness (QED) is 0.776. The third kappa shape index (κ3) is 2.33. The summed E-state index contributed by atoms with van der Waals surface area (Å²) in [5, 5.41) is 17.6. The van der Waals surface area contributed by atoms with Crippen LogP contribution in [0.5, 0.6) is 0 Å². The molecule has 0 amide bonds. The van der Waals surface area contributed by atoms with Crippen LogP contribution in [0, 0.1) is 11.3 Å². The van der Waals surface area contributed by atoms with Gasteiger partial charge < -0.3 is 5.73 Å². The predicted octanol–water partition coefficient (Wildman–Crippen LogP) is 3.26. The summed E-state index contributed by atoms with van der Waals surface area (Å²) in [5.74, 6) is 0.149. The van der Waals surface area contributed by atoms with Gasteiger partial charge in [-0.2, -0.15) is 5.26 Å². The van der Waals surface area contributed by atoms with Crippen LogP contribution in [0.4, 0.5) is 5.82 Å². The third-order valence-corrected chi connectivity index (χ3v) is 3.22. The second-order valence-corrected chi connectivity index (χ2v) is 4.53. The Kier molecular flexibility index (Phi) is 3.32. The molecule has 0 spiro atoms. The van der Waals surface area contributed by atoms with Gasteiger partial charge in [-0.15, -0.1) is 10.2 Å². The number of hydrogen-bond acceptors (Lipinski definition) is 4. The van der Waals surface area contributed by atoms with Crippen LogP contribution in [0.1, 0.15) is 5.56 Å². The van der Waals surface area contributed by atoms with Crippen molar-refractivity contribution in [2.75, 3.05) is 5.73 Å². The lowest BCUT2D eigenvalue weighted by molar-refractivity contribution is 1.04. The van der Waals surface area contributed by atoms with Gasteiger partial charge in [0.05, 0.1) is 0 Å². The molecule has 0 radical (unpaired) electrons. The van der Waals surface area contributed by atoms with Crippen LogP contribution >= 0.6 is 0 Å². The van der Waals surface area contributed by atoms with E-state index in [1.54, 1.807) is 0 Å². The molecule has 3 rings (SSSR count). The number of anilines is 1. The lowest BCUT2D eigenvalue weighted by atomic mass is 9.96. The fourth-order valence-corrected chi connectivity index (χ4v) is 2.25. The Bertz CT molecular complexity index is 805. The number of nitriles is 1. The molecule has 0 saturated heterocycles. The smallest absolute Gasteiger partial charge is 0.164 e. The first-order chi connectivity index (χ1) is 10.3. The maximum Gasteiger partial charge on any atom is 0.164 e. The summed E-state index contributed by atoms with van der Waals surface area (Å²) < 4.78 is 0. The SMILES string of the molecule is N#Cc1c(N)nnc(-c2ccccc2)c1-c1ccccc1.